The van der Waals surface area contributed by atoms with Crippen LogP contribution in [0.5, 0.6) is 0 Å². The first kappa shape index (κ1) is 11.5. The third-order valence-electron chi connectivity index (χ3n) is 3.46. The first-order chi connectivity index (χ1) is 8.76. The fourth-order valence-corrected chi connectivity index (χ4v) is 2.53. The van der Waals surface area contributed by atoms with Crippen molar-refractivity contribution < 1.29 is 4.74 Å². The molecule has 4 nitrogen and oxygen atoms in total. The predicted octanol–water partition coefficient (Wildman–Crippen LogP) is 2.57. The topological polar surface area (TPSA) is 41.2 Å². The molecule has 1 N–H and O–H groups in total. The lowest BCUT2D eigenvalue weighted by Crippen LogP contribution is -2.46. The van der Waals surface area contributed by atoms with Crippen molar-refractivity contribution in [2.45, 2.75) is 32.5 Å². The summed E-state index contributed by atoms with van der Waals surface area (Å²) in [6, 6.07) is 8.15. The van der Waals surface area contributed by atoms with E-state index in [-0.39, 0.29) is 6.10 Å². The summed E-state index contributed by atoms with van der Waals surface area (Å²) in [4.78, 5) is 10.3. The van der Waals surface area contributed by atoms with E-state index in [1.807, 2.05) is 18.2 Å². The van der Waals surface area contributed by atoms with Gasteiger partial charge in [0.1, 0.15) is 0 Å². The van der Waals surface area contributed by atoms with Gasteiger partial charge in [0.2, 0.25) is 5.95 Å². The van der Waals surface area contributed by atoms with E-state index in [0.717, 1.165) is 36.5 Å². The molecule has 0 aliphatic carbocycles. The van der Waals surface area contributed by atoms with Crippen molar-refractivity contribution in [3.05, 3.63) is 24.3 Å². The van der Waals surface area contributed by atoms with Crippen LogP contribution in [0.2, 0.25) is 0 Å². The van der Waals surface area contributed by atoms with Gasteiger partial charge in [0.05, 0.1) is 23.2 Å². The van der Waals surface area contributed by atoms with E-state index in [1.54, 1.807) is 0 Å². The van der Waals surface area contributed by atoms with Gasteiger partial charge in [-0.2, -0.15) is 0 Å². The minimum Gasteiger partial charge on any atom is -0.372 e. The smallest absolute Gasteiger partial charge is 0.204 e. The van der Waals surface area contributed by atoms with E-state index in [2.05, 4.69) is 34.8 Å². The molecule has 0 saturated carbocycles. The summed E-state index contributed by atoms with van der Waals surface area (Å²) in [5, 5.41) is 0. The highest BCUT2D eigenvalue weighted by molar-refractivity contribution is 5.77. The summed E-state index contributed by atoms with van der Waals surface area (Å²) in [6.07, 6.45) is 1.61. The number of ether oxygens (including phenoxy) is 1. The normalized spacial score (nSPS) is 24.7. The first-order valence-corrected chi connectivity index (χ1v) is 6.61. The number of nitrogens with one attached hydrogen (secondary N) is 1. The van der Waals surface area contributed by atoms with Crippen LogP contribution in [0.1, 0.15) is 20.3 Å². The molecule has 1 aromatic heterocycles. The third-order valence-corrected chi connectivity index (χ3v) is 3.46. The van der Waals surface area contributed by atoms with Crippen molar-refractivity contribution in [3.8, 4) is 0 Å². The molecule has 2 unspecified atom stereocenters. The molecule has 0 spiro atoms. The zero-order chi connectivity index (χ0) is 12.5. The number of nitrogens with zero attached hydrogens (tertiary/aromatic N) is 2. The highest BCUT2D eigenvalue weighted by Gasteiger charge is 2.25. The van der Waals surface area contributed by atoms with Crippen LogP contribution < -0.4 is 4.90 Å². The van der Waals surface area contributed by atoms with Crippen molar-refractivity contribution >= 4 is 17.0 Å². The van der Waals surface area contributed by atoms with Crippen molar-refractivity contribution in [3.63, 3.8) is 0 Å². The lowest BCUT2D eigenvalue weighted by atomic mass is 10.2. The predicted molar refractivity (Wildman–Crippen MR) is 72.9 cm³/mol. The van der Waals surface area contributed by atoms with Crippen LogP contribution in [0, 0.1) is 0 Å². The van der Waals surface area contributed by atoms with Gasteiger partial charge in [0, 0.05) is 13.1 Å². The number of para-hydroxylation sites is 2. The zero-order valence-electron chi connectivity index (χ0n) is 10.9. The number of imidazole rings is 1. The van der Waals surface area contributed by atoms with Gasteiger partial charge in [-0.1, -0.05) is 19.1 Å². The molecular weight excluding hydrogens is 226 g/mol. The highest BCUT2D eigenvalue weighted by Crippen LogP contribution is 2.21. The first-order valence-electron chi connectivity index (χ1n) is 6.61. The number of rotatable bonds is 2. The second kappa shape index (κ2) is 4.61. The number of benzene rings is 1. The summed E-state index contributed by atoms with van der Waals surface area (Å²) in [7, 11) is 0. The van der Waals surface area contributed by atoms with E-state index in [0.29, 0.717) is 6.10 Å². The Kier molecular flexibility index (Phi) is 2.96. The van der Waals surface area contributed by atoms with Crippen LogP contribution in [0.15, 0.2) is 24.3 Å². The number of H-pyrrole nitrogens is 1. The minimum absolute atomic E-state index is 0.261. The number of hydrogen-bond donors (Lipinski definition) is 1. The summed E-state index contributed by atoms with van der Waals surface area (Å²) in [5.74, 6) is 0.963. The average molecular weight is 245 g/mol. The molecule has 96 valence electrons. The summed E-state index contributed by atoms with van der Waals surface area (Å²) < 4.78 is 5.88. The Bertz CT molecular complexity index is 504. The quantitative estimate of drug-likeness (QED) is 0.884. The molecule has 1 aliphatic heterocycles. The van der Waals surface area contributed by atoms with E-state index >= 15 is 0 Å². The molecule has 18 heavy (non-hydrogen) atoms. The molecule has 1 aromatic carbocycles. The zero-order valence-corrected chi connectivity index (χ0v) is 10.9. The average Bonchev–Trinajstić information content (AvgIpc) is 2.81. The van der Waals surface area contributed by atoms with Crippen LogP contribution >= 0.6 is 0 Å². The number of aromatic amines is 1. The molecule has 1 saturated heterocycles. The molecule has 1 aliphatic rings. The van der Waals surface area contributed by atoms with Gasteiger partial charge in [-0.3, -0.25) is 0 Å². The molecular formula is C14H19N3O. The molecule has 2 atom stereocenters. The van der Waals surface area contributed by atoms with Gasteiger partial charge >= 0.3 is 0 Å². The van der Waals surface area contributed by atoms with E-state index < -0.39 is 0 Å². The Hall–Kier alpha value is -1.55. The molecule has 4 heteroatoms. The van der Waals surface area contributed by atoms with Crippen LogP contribution in [0.25, 0.3) is 11.0 Å². The number of morpholine rings is 1. The molecule has 0 amide bonds. The maximum atomic E-state index is 5.88. The molecule has 2 aromatic rings. The molecule has 2 heterocycles. The van der Waals surface area contributed by atoms with Crippen molar-refractivity contribution in [1.82, 2.24) is 9.97 Å². The number of fused-ring (bicyclic) bond motifs is 1. The Labute approximate surface area is 107 Å². The fourth-order valence-electron chi connectivity index (χ4n) is 2.53. The minimum atomic E-state index is 0.261. The fraction of sp³-hybridized carbons (Fsp3) is 0.500. The summed E-state index contributed by atoms with van der Waals surface area (Å²) >= 11 is 0. The van der Waals surface area contributed by atoms with Gasteiger partial charge in [0.15, 0.2) is 0 Å². The summed E-state index contributed by atoms with van der Waals surface area (Å²) in [5.41, 5.74) is 2.12. The van der Waals surface area contributed by atoms with Crippen LogP contribution in [0.4, 0.5) is 5.95 Å². The highest BCUT2D eigenvalue weighted by atomic mass is 16.5. The molecule has 0 radical (unpaired) electrons. The second-order valence-corrected chi connectivity index (χ2v) is 4.96. The molecule has 3 rings (SSSR count). The van der Waals surface area contributed by atoms with Gasteiger partial charge in [-0.25, -0.2) is 4.98 Å². The van der Waals surface area contributed by atoms with Gasteiger partial charge in [0.25, 0.3) is 0 Å². The van der Waals surface area contributed by atoms with Crippen LogP contribution in [-0.4, -0.2) is 35.3 Å². The Morgan fingerprint density at radius 2 is 2.22 bits per heavy atom. The van der Waals surface area contributed by atoms with Crippen molar-refractivity contribution in [1.29, 1.82) is 0 Å². The number of aromatic nitrogens is 2. The van der Waals surface area contributed by atoms with Crippen LogP contribution in [-0.2, 0) is 4.74 Å². The number of hydrogen-bond acceptors (Lipinski definition) is 3. The standard InChI is InChI=1S/C14H19N3O/c1-3-11-9-17(8-10(2)18-11)14-15-12-6-4-5-7-13(12)16-14/h4-7,10-11H,3,8-9H2,1-2H3,(H,15,16). The molecule has 0 bridgehead atoms. The Balaban J connectivity index is 1.88. The van der Waals surface area contributed by atoms with E-state index in [4.69, 9.17) is 4.74 Å². The van der Waals surface area contributed by atoms with Gasteiger partial charge in [-0.05, 0) is 25.5 Å². The number of anilines is 1. The Morgan fingerprint density at radius 1 is 1.39 bits per heavy atom. The van der Waals surface area contributed by atoms with Crippen molar-refractivity contribution in [2.24, 2.45) is 0 Å². The largest absolute Gasteiger partial charge is 0.372 e. The summed E-state index contributed by atoms with van der Waals surface area (Å²) in [6.45, 7) is 6.11. The van der Waals surface area contributed by atoms with E-state index in [1.165, 1.54) is 0 Å². The maximum Gasteiger partial charge on any atom is 0.204 e. The Morgan fingerprint density at radius 3 is 3.00 bits per heavy atom. The molecule has 1 fully saturated rings. The SMILES string of the molecule is CCC1CN(c2nc3ccccc3[nH]2)CC(C)O1. The van der Waals surface area contributed by atoms with Gasteiger partial charge < -0.3 is 14.6 Å². The van der Waals surface area contributed by atoms with Crippen molar-refractivity contribution in [2.75, 3.05) is 18.0 Å². The van der Waals surface area contributed by atoms with Gasteiger partial charge in [-0.15, -0.1) is 0 Å². The third kappa shape index (κ3) is 2.08. The van der Waals surface area contributed by atoms with E-state index in [9.17, 15) is 0 Å². The second-order valence-electron chi connectivity index (χ2n) is 4.96. The van der Waals surface area contributed by atoms with Crippen LogP contribution in [0.3, 0.4) is 0 Å². The lowest BCUT2D eigenvalue weighted by molar-refractivity contribution is -0.0176. The monoisotopic (exact) mass is 245 g/mol. The maximum absolute atomic E-state index is 5.88. The lowest BCUT2D eigenvalue weighted by Gasteiger charge is -2.36.